The Morgan fingerprint density at radius 1 is 0.283 bits per heavy atom. The third-order valence-electron chi connectivity index (χ3n) is 10.0. The number of thiophene rings is 1. The summed E-state index contributed by atoms with van der Waals surface area (Å²) >= 11 is 1.85. The third-order valence-corrected chi connectivity index (χ3v) is 11.2. The fraction of sp³-hybridized carbons (Fsp3) is 0. The lowest BCUT2D eigenvalue weighted by Crippen LogP contribution is -1.97. The molecule has 0 saturated carbocycles. The Bertz CT molecular complexity index is 2950. The fourth-order valence-electron chi connectivity index (χ4n) is 7.33. The summed E-state index contributed by atoms with van der Waals surface area (Å²) in [5.74, 6) is 0.701. The molecule has 0 radical (unpaired) electrons. The number of benzene rings is 8. The summed E-state index contributed by atoms with van der Waals surface area (Å²) in [6.45, 7) is 0. The Kier molecular flexibility index (Phi) is 7.71. The first kappa shape index (κ1) is 31.1. The van der Waals surface area contributed by atoms with Crippen LogP contribution in [0.4, 0.5) is 0 Å². The predicted octanol–water partition coefficient (Wildman–Crippen LogP) is 14.0. The fourth-order valence-corrected chi connectivity index (χ4v) is 8.42. The van der Waals surface area contributed by atoms with Crippen molar-refractivity contribution in [3.05, 3.63) is 194 Å². The number of fused-ring (bicyclic) bond motifs is 4. The third kappa shape index (κ3) is 5.97. The highest BCUT2D eigenvalue weighted by molar-refractivity contribution is 7.25. The number of hydrogen-bond donors (Lipinski definition) is 0. The highest BCUT2D eigenvalue weighted by Gasteiger charge is 2.15. The summed E-state index contributed by atoms with van der Waals surface area (Å²) in [5, 5.41) is 5.05. The van der Waals surface area contributed by atoms with Crippen molar-refractivity contribution in [2.75, 3.05) is 0 Å². The van der Waals surface area contributed by atoms with Crippen molar-refractivity contribution in [3.63, 3.8) is 0 Å². The molecule has 0 aliphatic rings. The van der Waals surface area contributed by atoms with E-state index in [-0.39, 0.29) is 0 Å². The zero-order valence-electron chi connectivity index (χ0n) is 28.8. The van der Waals surface area contributed by atoms with E-state index in [0.717, 1.165) is 44.8 Å². The van der Waals surface area contributed by atoms with Crippen molar-refractivity contribution in [3.8, 4) is 67.3 Å². The van der Waals surface area contributed by atoms with Crippen molar-refractivity contribution in [1.82, 2.24) is 9.97 Å². The minimum absolute atomic E-state index is 0.701. The molecule has 0 N–H and O–H groups in total. The van der Waals surface area contributed by atoms with Crippen LogP contribution in [0.5, 0.6) is 0 Å². The molecule has 0 amide bonds. The van der Waals surface area contributed by atoms with E-state index in [4.69, 9.17) is 9.97 Å². The van der Waals surface area contributed by atoms with E-state index in [9.17, 15) is 0 Å². The Hall–Kier alpha value is -6.68. The average molecular weight is 693 g/mol. The monoisotopic (exact) mass is 692 g/mol. The second kappa shape index (κ2) is 13.1. The molecule has 0 aliphatic heterocycles. The van der Waals surface area contributed by atoms with Crippen LogP contribution in [-0.4, -0.2) is 9.97 Å². The van der Waals surface area contributed by atoms with Gasteiger partial charge in [-0.15, -0.1) is 11.3 Å². The van der Waals surface area contributed by atoms with Crippen molar-refractivity contribution in [1.29, 1.82) is 0 Å². The Balaban J connectivity index is 1.15. The summed E-state index contributed by atoms with van der Waals surface area (Å²) in [6.07, 6.45) is 0. The molecule has 0 atom stereocenters. The van der Waals surface area contributed by atoms with Gasteiger partial charge in [-0.3, -0.25) is 0 Å². The lowest BCUT2D eigenvalue weighted by atomic mass is 9.93. The Morgan fingerprint density at radius 3 is 1.66 bits per heavy atom. The van der Waals surface area contributed by atoms with Crippen molar-refractivity contribution in [2.24, 2.45) is 0 Å². The summed E-state index contributed by atoms with van der Waals surface area (Å²) in [7, 11) is 0. The minimum atomic E-state index is 0.701. The van der Waals surface area contributed by atoms with Gasteiger partial charge in [-0.2, -0.15) is 0 Å². The summed E-state index contributed by atoms with van der Waals surface area (Å²) < 4.78 is 2.61. The second-order valence-electron chi connectivity index (χ2n) is 13.4. The van der Waals surface area contributed by atoms with Gasteiger partial charge in [0, 0.05) is 36.9 Å². The second-order valence-corrected chi connectivity index (χ2v) is 14.5. The van der Waals surface area contributed by atoms with Crippen LogP contribution in [0.1, 0.15) is 0 Å². The number of nitrogens with zero attached hydrogens (tertiary/aromatic N) is 2. The predicted molar refractivity (Wildman–Crippen MR) is 225 cm³/mol. The maximum atomic E-state index is 5.26. The SMILES string of the molecule is c1ccc(-c2cc(-c3ccc4sc5ccccc5c4c3)cc(-c3cc(-c4cccc(-c5ccc6ccccc6c5)c4)nc(-c4ccccc4)n3)c2)cc1. The van der Waals surface area contributed by atoms with E-state index in [2.05, 4.69) is 176 Å². The van der Waals surface area contributed by atoms with Crippen LogP contribution in [0.25, 0.3) is 98.2 Å². The van der Waals surface area contributed by atoms with Gasteiger partial charge in [-0.1, -0.05) is 140 Å². The van der Waals surface area contributed by atoms with Gasteiger partial charge in [0.05, 0.1) is 11.4 Å². The standard InChI is InChI=1S/C50H32N2S/c1-3-12-33(13-4-1)41-28-42(39-24-25-49-45(31-39)44-20-9-10-21-48(44)53-49)30-43(29-41)47-32-46(51-50(52-47)35-15-5-2-6-16-35)40-19-11-18-37(27-40)38-23-22-34-14-7-8-17-36(34)26-38/h1-32H. The van der Waals surface area contributed by atoms with E-state index in [1.165, 1.54) is 47.6 Å². The van der Waals surface area contributed by atoms with Crippen LogP contribution in [-0.2, 0) is 0 Å². The quantitative estimate of drug-likeness (QED) is 0.173. The Labute approximate surface area is 312 Å². The first-order chi connectivity index (χ1) is 26.2. The molecular weight excluding hydrogens is 661 g/mol. The molecule has 8 aromatic carbocycles. The van der Waals surface area contributed by atoms with E-state index in [1.54, 1.807) is 0 Å². The molecule has 0 spiro atoms. The van der Waals surface area contributed by atoms with Gasteiger partial charge in [0.2, 0.25) is 0 Å². The van der Waals surface area contributed by atoms with Crippen LogP contribution in [0, 0.1) is 0 Å². The molecular formula is C50H32N2S. The van der Waals surface area contributed by atoms with Gasteiger partial charge in [-0.05, 0) is 98.8 Å². The molecule has 0 saturated heterocycles. The van der Waals surface area contributed by atoms with Gasteiger partial charge in [0.1, 0.15) is 0 Å². The lowest BCUT2D eigenvalue weighted by Gasteiger charge is -2.14. The minimum Gasteiger partial charge on any atom is -0.228 e. The highest BCUT2D eigenvalue weighted by atomic mass is 32.1. The summed E-state index contributed by atoms with van der Waals surface area (Å²) in [4.78, 5) is 10.4. The van der Waals surface area contributed by atoms with E-state index < -0.39 is 0 Å². The normalized spacial score (nSPS) is 11.4. The molecule has 0 unspecified atom stereocenters. The molecule has 3 heteroatoms. The summed E-state index contributed by atoms with van der Waals surface area (Å²) in [6, 6.07) is 69.4. The summed E-state index contributed by atoms with van der Waals surface area (Å²) in [5.41, 5.74) is 11.8. The maximum absolute atomic E-state index is 5.26. The van der Waals surface area contributed by atoms with Crippen LogP contribution in [0.2, 0.25) is 0 Å². The number of aromatic nitrogens is 2. The lowest BCUT2D eigenvalue weighted by molar-refractivity contribution is 1.18. The van der Waals surface area contributed by atoms with Gasteiger partial charge in [0.15, 0.2) is 5.82 Å². The highest BCUT2D eigenvalue weighted by Crippen LogP contribution is 2.39. The number of rotatable bonds is 6. The van der Waals surface area contributed by atoms with Crippen molar-refractivity contribution < 1.29 is 0 Å². The molecule has 10 aromatic rings. The zero-order chi connectivity index (χ0) is 35.1. The maximum Gasteiger partial charge on any atom is 0.160 e. The zero-order valence-corrected chi connectivity index (χ0v) is 29.6. The van der Waals surface area contributed by atoms with Crippen LogP contribution >= 0.6 is 11.3 Å². The van der Waals surface area contributed by atoms with Crippen molar-refractivity contribution >= 4 is 42.3 Å². The van der Waals surface area contributed by atoms with Crippen LogP contribution in [0.15, 0.2) is 194 Å². The smallest absolute Gasteiger partial charge is 0.160 e. The van der Waals surface area contributed by atoms with Gasteiger partial charge >= 0.3 is 0 Å². The van der Waals surface area contributed by atoms with Crippen LogP contribution < -0.4 is 0 Å². The van der Waals surface area contributed by atoms with Gasteiger partial charge in [-0.25, -0.2) is 9.97 Å². The molecule has 248 valence electrons. The molecule has 0 bridgehead atoms. The topological polar surface area (TPSA) is 25.8 Å². The van der Waals surface area contributed by atoms with Crippen LogP contribution in [0.3, 0.4) is 0 Å². The molecule has 0 fully saturated rings. The molecule has 0 aliphatic carbocycles. The van der Waals surface area contributed by atoms with Crippen molar-refractivity contribution in [2.45, 2.75) is 0 Å². The average Bonchev–Trinajstić information content (AvgIpc) is 3.62. The van der Waals surface area contributed by atoms with E-state index in [0.29, 0.717) is 5.82 Å². The molecule has 2 nitrogen and oxygen atoms in total. The first-order valence-electron chi connectivity index (χ1n) is 17.9. The molecule has 53 heavy (non-hydrogen) atoms. The van der Waals surface area contributed by atoms with Gasteiger partial charge < -0.3 is 0 Å². The van der Waals surface area contributed by atoms with E-state index in [1.807, 2.05) is 29.5 Å². The van der Waals surface area contributed by atoms with E-state index >= 15 is 0 Å². The number of hydrogen-bond acceptors (Lipinski definition) is 3. The first-order valence-corrected chi connectivity index (χ1v) is 18.7. The van der Waals surface area contributed by atoms with Gasteiger partial charge in [0.25, 0.3) is 0 Å². The molecule has 2 heterocycles. The molecule has 2 aromatic heterocycles. The Morgan fingerprint density at radius 2 is 0.830 bits per heavy atom. The largest absolute Gasteiger partial charge is 0.228 e. The molecule has 10 rings (SSSR count).